The number of imidazole rings is 1. The Hall–Kier alpha value is -3.41. The summed E-state index contributed by atoms with van der Waals surface area (Å²) in [6.45, 7) is 2.81. The maximum Gasteiger partial charge on any atom is 0.222 e. The van der Waals surface area contributed by atoms with E-state index in [4.69, 9.17) is 4.74 Å². The molecule has 0 bridgehead atoms. The lowest BCUT2D eigenvalue weighted by Crippen LogP contribution is -2.05. The molecule has 0 saturated carbocycles. The fraction of sp³-hybridized carbons (Fsp3) is 0.190. The molecule has 3 heterocycles. The first-order valence-electron chi connectivity index (χ1n) is 8.77. The number of aromatic nitrogens is 4. The van der Waals surface area contributed by atoms with Crippen molar-refractivity contribution in [2.75, 3.05) is 12.4 Å². The average molecular weight is 359 g/mol. The number of pyridine rings is 2. The first-order valence-corrected chi connectivity index (χ1v) is 8.77. The third kappa shape index (κ3) is 3.33. The first kappa shape index (κ1) is 17.0. The molecule has 0 radical (unpaired) electrons. The van der Waals surface area contributed by atoms with Gasteiger partial charge in [0.15, 0.2) is 0 Å². The summed E-state index contributed by atoms with van der Waals surface area (Å²) in [5.74, 6) is 1.37. The molecule has 27 heavy (non-hydrogen) atoms. The van der Waals surface area contributed by atoms with E-state index in [1.807, 2.05) is 29.8 Å². The number of methoxy groups -OCH3 is 1. The van der Waals surface area contributed by atoms with Crippen molar-refractivity contribution < 1.29 is 4.74 Å². The molecule has 0 saturated heterocycles. The fourth-order valence-electron chi connectivity index (χ4n) is 3.15. The topological polar surface area (TPSA) is 64.9 Å². The average Bonchev–Trinajstić information content (AvgIpc) is 3.01. The zero-order valence-electron chi connectivity index (χ0n) is 15.6. The van der Waals surface area contributed by atoms with Crippen LogP contribution in [0.15, 0.2) is 54.9 Å². The zero-order chi connectivity index (χ0) is 18.8. The van der Waals surface area contributed by atoms with Crippen LogP contribution in [0.25, 0.3) is 22.3 Å². The number of nitrogens with one attached hydrogen (secondary N) is 1. The first-order chi connectivity index (χ1) is 13.2. The van der Waals surface area contributed by atoms with Gasteiger partial charge in [0.25, 0.3) is 0 Å². The Balaban J connectivity index is 1.66. The lowest BCUT2D eigenvalue weighted by Gasteiger charge is -2.08. The third-order valence-corrected chi connectivity index (χ3v) is 4.54. The van der Waals surface area contributed by atoms with Gasteiger partial charge < -0.3 is 14.6 Å². The van der Waals surface area contributed by atoms with Crippen LogP contribution in [0.1, 0.15) is 11.1 Å². The van der Waals surface area contributed by atoms with Gasteiger partial charge in [-0.05, 0) is 30.7 Å². The Morgan fingerprint density at radius 3 is 2.81 bits per heavy atom. The lowest BCUT2D eigenvalue weighted by molar-refractivity contribution is 0.399. The number of aryl methyl sites for hydroxylation is 2. The second-order valence-electron chi connectivity index (χ2n) is 6.46. The van der Waals surface area contributed by atoms with Crippen LogP contribution in [-0.2, 0) is 13.6 Å². The lowest BCUT2D eigenvalue weighted by atomic mass is 10.1. The summed E-state index contributed by atoms with van der Waals surface area (Å²) in [5, 5.41) is 3.41. The van der Waals surface area contributed by atoms with Crippen LogP contribution >= 0.6 is 0 Å². The quantitative estimate of drug-likeness (QED) is 0.584. The van der Waals surface area contributed by atoms with Gasteiger partial charge in [-0.25, -0.2) is 9.97 Å². The highest BCUT2D eigenvalue weighted by molar-refractivity contribution is 5.82. The number of anilines is 1. The van der Waals surface area contributed by atoms with E-state index in [-0.39, 0.29) is 0 Å². The van der Waals surface area contributed by atoms with Crippen LogP contribution in [0, 0.1) is 6.92 Å². The SMILES string of the molecule is COc1ncccc1-c1cc2c(cn1)nc(NCc1cccc(C)c1)n2C. The van der Waals surface area contributed by atoms with Crippen LogP contribution in [0.5, 0.6) is 5.88 Å². The summed E-state index contributed by atoms with van der Waals surface area (Å²) < 4.78 is 7.40. The van der Waals surface area contributed by atoms with E-state index >= 15 is 0 Å². The maximum atomic E-state index is 5.36. The molecule has 0 aliphatic rings. The van der Waals surface area contributed by atoms with Crippen molar-refractivity contribution in [1.82, 2.24) is 19.5 Å². The molecule has 0 unspecified atom stereocenters. The van der Waals surface area contributed by atoms with Crippen molar-refractivity contribution in [3.8, 4) is 17.1 Å². The molecule has 4 rings (SSSR count). The van der Waals surface area contributed by atoms with Crippen molar-refractivity contribution in [1.29, 1.82) is 0 Å². The minimum Gasteiger partial charge on any atom is -0.481 e. The van der Waals surface area contributed by atoms with E-state index in [0.29, 0.717) is 5.88 Å². The highest BCUT2D eigenvalue weighted by atomic mass is 16.5. The fourth-order valence-corrected chi connectivity index (χ4v) is 3.15. The van der Waals surface area contributed by atoms with E-state index in [1.54, 1.807) is 19.5 Å². The predicted molar refractivity (Wildman–Crippen MR) is 107 cm³/mol. The minimum atomic E-state index is 0.560. The molecule has 1 aromatic carbocycles. The molecule has 0 spiro atoms. The van der Waals surface area contributed by atoms with Crippen molar-refractivity contribution in [3.63, 3.8) is 0 Å². The Kier molecular flexibility index (Phi) is 4.46. The van der Waals surface area contributed by atoms with E-state index in [0.717, 1.165) is 34.8 Å². The predicted octanol–water partition coefficient (Wildman–Crippen LogP) is 3.96. The summed E-state index contributed by atoms with van der Waals surface area (Å²) in [6.07, 6.45) is 3.49. The van der Waals surface area contributed by atoms with Crippen molar-refractivity contribution in [2.24, 2.45) is 7.05 Å². The van der Waals surface area contributed by atoms with Crippen molar-refractivity contribution in [2.45, 2.75) is 13.5 Å². The molecular formula is C21H21N5O. The van der Waals surface area contributed by atoms with Crippen LogP contribution in [0.2, 0.25) is 0 Å². The number of ether oxygens (including phenoxy) is 1. The smallest absolute Gasteiger partial charge is 0.222 e. The number of benzene rings is 1. The molecule has 0 amide bonds. The highest BCUT2D eigenvalue weighted by Gasteiger charge is 2.13. The van der Waals surface area contributed by atoms with Gasteiger partial charge in [0, 0.05) is 19.8 Å². The summed E-state index contributed by atoms with van der Waals surface area (Å²) in [7, 11) is 3.61. The van der Waals surface area contributed by atoms with E-state index in [9.17, 15) is 0 Å². The van der Waals surface area contributed by atoms with Gasteiger partial charge >= 0.3 is 0 Å². The Morgan fingerprint density at radius 1 is 1.11 bits per heavy atom. The molecule has 0 aliphatic heterocycles. The highest BCUT2D eigenvalue weighted by Crippen LogP contribution is 2.29. The van der Waals surface area contributed by atoms with Gasteiger partial charge in [0.2, 0.25) is 11.8 Å². The summed E-state index contributed by atoms with van der Waals surface area (Å²) in [4.78, 5) is 13.5. The van der Waals surface area contributed by atoms with Crippen LogP contribution < -0.4 is 10.1 Å². The molecule has 4 aromatic rings. The van der Waals surface area contributed by atoms with Crippen LogP contribution in [0.4, 0.5) is 5.95 Å². The van der Waals surface area contributed by atoms with Gasteiger partial charge in [0.1, 0.15) is 5.52 Å². The zero-order valence-corrected chi connectivity index (χ0v) is 15.6. The van der Waals surface area contributed by atoms with Gasteiger partial charge in [-0.2, -0.15) is 0 Å². The van der Waals surface area contributed by atoms with Crippen LogP contribution in [-0.4, -0.2) is 26.6 Å². The summed E-state index contributed by atoms with van der Waals surface area (Å²) in [5.41, 5.74) is 5.98. The van der Waals surface area contributed by atoms with Crippen LogP contribution in [0.3, 0.4) is 0 Å². The van der Waals surface area contributed by atoms with E-state index in [1.165, 1.54) is 11.1 Å². The number of fused-ring (bicyclic) bond motifs is 1. The summed E-state index contributed by atoms with van der Waals surface area (Å²) >= 11 is 0. The monoisotopic (exact) mass is 359 g/mol. The van der Waals surface area contributed by atoms with Gasteiger partial charge in [-0.15, -0.1) is 0 Å². The number of hydrogen-bond donors (Lipinski definition) is 1. The Bertz CT molecular complexity index is 1100. The molecule has 0 aliphatic carbocycles. The maximum absolute atomic E-state index is 5.36. The number of rotatable bonds is 5. The number of hydrogen-bond acceptors (Lipinski definition) is 5. The van der Waals surface area contributed by atoms with E-state index in [2.05, 4.69) is 51.5 Å². The van der Waals surface area contributed by atoms with Crippen molar-refractivity contribution in [3.05, 3.63) is 66.0 Å². The Morgan fingerprint density at radius 2 is 2.00 bits per heavy atom. The summed E-state index contributed by atoms with van der Waals surface area (Å²) in [6, 6.07) is 14.3. The van der Waals surface area contributed by atoms with Gasteiger partial charge in [0.05, 0.1) is 30.1 Å². The molecule has 6 nitrogen and oxygen atoms in total. The van der Waals surface area contributed by atoms with Gasteiger partial charge in [-0.1, -0.05) is 29.8 Å². The number of nitrogens with zero attached hydrogens (tertiary/aromatic N) is 4. The third-order valence-electron chi connectivity index (χ3n) is 4.54. The molecule has 3 aromatic heterocycles. The molecule has 1 N–H and O–H groups in total. The van der Waals surface area contributed by atoms with E-state index < -0.39 is 0 Å². The molecule has 0 fully saturated rings. The second kappa shape index (κ2) is 7.07. The molecule has 0 atom stereocenters. The Labute approximate surface area is 157 Å². The molecular weight excluding hydrogens is 338 g/mol. The van der Waals surface area contributed by atoms with Gasteiger partial charge in [-0.3, -0.25) is 4.98 Å². The minimum absolute atomic E-state index is 0.560. The molecule has 6 heteroatoms. The van der Waals surface area contributed by atoms with Crippen molar-refractivity contribution >= 4 is 17.0 Å². The second-order valence-corrected chi connectivity index (χ2v) is 6.46. The molecule has 136 valence electrons. The normalized spacial score (nSPS) is 10.9. The standard InChI is InChI=1S/C21H21N5O/c1-14-6-4-7-15(10-14)12-24-21-25-18-13-23-17(11-19(18)26(21)2)16-8-5-9-22-20(16)27-3/h4-11,13H,12H2,1-3H3,(H,24,25). The largest absolute Gasteiger partial charge is 0.481 e.